The van der Waals surface area contributed by atoms with E-state index in [9.17, 15) is 26.8 Å². The molecule has 0 spiro atoms. The molecule has 0 aliphatic heterocycles. The van der Waals surface area contributed by atoms with E-state index in [1.807, 2.05) is 20.8 Å². The highest BCUT2D eigenvalue weighted by atomic mass is 32.2. The Labute approximate surface area is 212 Å². The SMILES string of the molecule is CC[C@@H](C)NC(=O)[C@@H](CC)N(Cc1ccc(F)cc1)C(=O)CCCN(c1ccc(F)cc1)S(C)(=O)=O. The van der Waals surface area contributed by atoms with Gasteiger partial charge in [-0.05, 0) is 68.1 Å². The first-order chi connectivity index (χ1) is 17.0. The van der Waals surface area contributed by atoms with Gasteiger partial charge >= 0.3 is 0 Å². The number of carbonyl (C=O) groups is 2. The van der Waals surface area contributed by atoms with E-state index < -0.39 is 27.7 Å². The van der Waals surface area contributed by atoms with Gasteiger partial charge in [0.05, 0.1) is 11.9 Å². The average molecular weight is 524 g/mol. The summed E-state index contributed by atoms with van der Waals surface area (Å²) in [4.78, 5) is 27.8. The zero-order valence-electron chi connectivity index (χ0n) is 21.2. The summed E-state index contributed by atoms with van der Waals surface area (Å²) in [6.45, 7) is 5.76. The van der Waals surface area contributed by atoms with Crippen molar-refractivity contribution in [1.82, 2.24) is 10.2 Å². The molecule has 1 N–H and O–H groups in total. The topological polar surface area (TPSA) is 86.8 Å². The number of benzene rings is 2. The van der Waals surface area contributed by atoms with Crippen LogP contribution in [0.2, 0.25) is 0 Å². The maximum Gasteiger partial charge on any atom is 0.243 e. The molecule has 0 aliphatic carbocycles. The number of sulfonamides is 1. The third-order valence-electron chi connectivity index (χ3n) is 5.92. The largest absolute Gasteiger partial charge is 0.352 e. The third-order valence-corrected chi connectivity index (χ3v) is 7.11. The number of nitrogens with one attached hydrogen (secondary N) is 1. The van der Waals surface area contributed by atoms with E-state index in [1.54, 1.807) is 12.1 Å². The molecule has 0 fully saturated rings. The van der Waals surface area contributed by atoms with Crippen LogP contribution < -0.4 is 9.62 Å². The minimum atomic E-state index is -3.67. The molecule has 0 radical (unpaired) electrons. The van der Waals surface area contributed by atoms with E-state index in [0.29, 0.717) is 17.7 Å². The fraction of sp³-hybridized carbons (Fsp3) is 0.462. The summed E-state index contributed by atoms with van der Waals surface area (Å²) in [5, 5.41) is 2.92. The number of anilines is 1. The van der Waals surface area contributed by atoms with Gasteiger partial charge in [0.2, 0.25) is 21.8 Å². The Morgan fingerprint density at radius 3 is 2.00 bits per heavy atom. The van der Waals surface area contributed by atoms with Crippen LogP contribution in [-0.4, -0.2) is 50.0 Å². The second-order valence-corrected chi connectivity index (χ2v) is 10.7. The zero-order chi connectivity index (χ0) is 26.9. The fourth-order valence-electron chi connectivity index (χ4n) is 3.76. The molecule has 10 heteroatoms. The molecule has 7 nitrogen and oxygen atoms in total. The van der Waals surface area contributed by atoms with Crippen molar-refractivity contribution < 1.29 is 26.8 Å². The smallest absolute Gasteiger partial charge is 0.243 e. The minimum absolute atomic E-state index is 0.0104. The first kappa shape index (κ1) is 29.2. The summed E-state index contributed by atoms with van der Waals surface area (Å²) in [5.41, 5.74) is 0.970. The van der Waals surface area contributed by atoms with Gasteiger partial charge in [-0.1, -0.05) is 26.0 Å². The van der Waals surface area contributed by atoms with Crippen molar-refractivity contribution in [3.05, 3.63) is 65.7 Å². The Hall–Kier alpha value is -3.01. The molecule has 2 amide bonds. The molecule has 0 aromatic heterocycles. The Morgan fingerprint density at radius 2 is 1.50 bits per heavy atom. The van der Waals surface area contributed by atoms with Crippen LogP contribution in [0.1, 0.15) is 52.0 Å². The Morgan fingerprint density at radius 1 is 0.944 bits per heavy atom. The number of carbonyl (C=O) groups excluding carboxylic acids is 2. The summed E-state index contributed by atoms with van der Waals surface area (Å²) in [7, 11) is -3.67. The van der Waals surface area contributed by atoms with E-state index in [2.05, 4.69) is 5.32 Å². The highest BCUT2D eigenvalue weighted by Gasteiger charge is 2.29. The van der Waals surface area contributed by atoms with Crippen LogP contribution in [0.15, 0.2) is 48.5 Å². The summed E-state index contributed by atoms with van der Waals surface area (Å²) < 4.78 is 52.5. The molecule has 36 heavy (non-hydrogen) atoms. The lowest BCUT2D eigenvalue weighted by molar-refractivity contribution is -0.141. The Bertz CT molecular complexity index is 1110. The summed E-state index contributed by atoms with van der Waals surface area (Å²) in [6, 6.07) is 10.00. The lowest BCUT2D eigenvalue weighted by Gasteiger charge is -2.32. The van der Waals surface area contributed by atoms with Crippen LogP contribution in [0.25, 0.3) is 0 Å². The van der Waals surface area contributed by atoms with Crippen LogP contribution in [0.3, 0.4) is 0 Å². The van der Waals surface area contributed by atoms with Gasteiger partial charge in [0.15, 0.2) is 0 Å². The highest BCUT2D eigenvalue weighted by Crippen LogP contribution is 2.20. The van der Waals surface area contributed by atoms with Crippen LogP contribution in [0, 0.1) is 11.6 Å². The van der Waals surface area contributed by atoms with Crippen molar-refractivity contribution in [3.8, 4) is 0 Å². The van der Waals surface area contributed by atoms with Gasteiger partial charge in [-0.3, -0.25) is 13.9 Å². The standard InChI is InChI=1S/C26H35F2N3O4S/c1-5-19(3)29-26(33)24(6-2)30(18-20-9-11-21(27)12-10-20)25(32)8-7-17-31(36(4,34)35)23-15-13-22(28)14-16-23/h9-16,19,24H,5-8,17-18H2,1-4H3,(H,29,33)/t19-,24-/m1/s1. The molecule has 0 bridgehead atoms. The number of hydrogen-bond donors (Lipinski definition) is 1. The van der Waals surface area contributed by atoms with Gasteiger partial charge in [-0.2, -0.15) is 0 Å². The van der Waals surface area contributed by atoms with Crippen LogP contribution in [-0.2, 0) is 26.2 Å². The van der Waals surface area contributed by atoms with Crippen molar-refractivity contribution in [2.75, 3.05) is 17.1 Å². The normalized spacial score (nSPS) is 13.1. The minimum Gasteiger partial charge on any atom is -0.352 e. The number of halogens is 2. The zero-order valence-corrected chi connectivity index (χ0v) is 22.0. The number of hydrogen-bond acceptors (Lipinski definition) is 4. The fourth-order valence-corrected chi connectivity index (χ4v) is 4.72. The molecule has 2 aromatic carbocycles. The molecule has 2 aromatic rings. The van der Waals surface area contributed by atoms with Crippen LogP contribution >= 0.6 is 0 Å². The molecule has 2 atom stereocenters. The highest BCUT2D eigenvalue weighted by molar-refractivity contribution is 7.92. The number of nitrogens with zero attached hydrogens (tertiary/aromatic N) is 2. The van der Waals surface area contributed by atoms with Crippen molar-refractivity contribution in [3.63, 3.8) is 0 Å². The molecule has 2 rings (SSSR count). The maximum absolute atomic E-state index is 13.4. The average Bonchev–Trinajstić information content (AvgIpc) is 2.82. The second-order valence-electron chi connectivity index (χ2n) is 8.81. The first-order valence-corrected chi connectivity index (χ1v) is 13.9. The summed E-state index contributed by atoms with van der Waals surface area (Å²) in [6.07, 6.45) is 2.33. The van der Waals surface area contributed by atoms with Crippen molar-refractivity contribution in [2.24, 2.45) is 0 Å². The third kappa shape index (κ3) is 8.58. The summed E-state index contributed by atoms with van der Waals surface area (Å²) in [5.74, 6) is -1.48. The van der Waals surface area contributed by atoms with Gasteiger partial charge in [0, 0.05) is 25.6 Å². The summed E-state index contributed by atoms with van der Waals surface area (Å²) >= 11 is 0. The molecule has 0 heterocycles. The molecule has 0 aliphatic rings. The van der Waals surface area contributed by atoms with E-state index in [0.717, 1.165) is 17.0 Å². The van der Waals surface area contributed by atoms with Gasteiger partial charge in [0.1, 0.15) is 17.7 Å². The molecule has 0 unspecified atom stereocenters. The van der Waals surface area contributed by atoms with Crippen molar-refractivity contribution >= 4 is 27.5 Å². The molecule has 198 valence electrons. The van der Waals surface area contributed by atoms with E-state index in [1.165, 1.54) is 41.3 Å². The van der Waals surface area contributed by atoms with Gasteiger partial charge in [-0.15, -0.1) is 0 Å². The molecule has 0 saturated carbocycles. The second kappa shape index (κ2) is 13.3. The monoisotopic (exact) mass is 523 g/mol. The Kier molecular flexibility index (Phi) is 10.8. The number of amides is 2. The number of rotatable bonds is 13. The lowest BCUT2D eigenvalue weighted by atomic mass is 10.1. The van der Waals surface area contributed by atoms with Crippen molar-refractivity contribution in [2.45, 2.75) is 65.1 Å². The van der Waals surface area contributed by atoms with Crippen LogP contribution in [0.4, 0.5) is 14.5 Å². The predicted molar refractivity (Wildman–Crippen MR) is 137 cm³/mol. The van der Waals surface area contributed by atoms with E-state index >= 15 is 0 Å². The van der Waals surface area contributed by atoms with E-state index in [-0.39, 0.29) is 43.8 Å². The van der Waals surface area contributed by atoms with Gasteiger partial charge in [0.25, 0.3) is 0 Å². The molecule has 0 saturated heterocycles. The maximum atomic E-state index is 13.4. The quantitative estimate of drug-likeness (QED) is 0.426. The van der Waals surface area contributed by atoms with E-state index in [4.69, 9.17) is 0 Å². The molecular weight excluding hydrogens is 488 g/mol. The molecular formula is C26H35F2N3O4S. The Balaban J connectivity index is 2.21. The lowest BCUT2D eigenvalue weighted by Crippen LogP contribution is -2.50. The predicted octanol–water partition coefficient (Wildman–Crippen LogP) is 4.23. The van der Waals surface area contributed by atoms with Crippen LogP contribution in [0.5, 0.6) is 0 Å². The van der Waals surface area contributed by atoms with Gasteiger partial charge in [-0.25, -0.2) is 17.2 Å². The van der Waals surface area contributed by atoms with Gasteiger partial charge < -0.3 is 10.2 Å². The van der Waals surface area contributed by atoms with Crippen molar-refractivity contribution in [1.29, 1.82) is 0 Å². The first-order valence-electron chi connectivity index (χ1n) is 12.0.